The number of aromatic nitrogens is 5. The minimum Gasteiger partial charge on any atom is -0.452 e. The number of hydrogen-bond acceptors (Lipinski definition) is 5. The number of pyridine rings is 1. The minimum absolute atomic E-state index is 0.713. The summed E-state index contributed by atoms with van der Waals surface area (Å²) < 4.78 is 13.5. The van der Waals surface area contributed by atoms with E-state index in [1.54, 1.807) is 6.33 Å². The van der Waals surface area contributed by atoms with Gasteiger partial charge in [-0.05, 0) is 107 Å². The Balaban J connectivity index is 0.000000133. The molecule has 6 nitrogen and oxygen atoms in total. The van der Waals surface area contributed by atoms with Gasteiger partial charge in [-0.25, -0.2) is 9.97 Å². The summed E-state index contributed by atoms with van der Waals surface area (Å²) in [6.07, 6.45) is 3.56. The maximum absolute atomic E-state index is 6.21. The van der Waals surface area contributed by atoms with Crippen molar-refractivity contribution in [2.24, 2.45) is 0 Å². The lowest BCUT2D eigenvalue weighted by atomic mass is 10.0. The Morgan fingerprint density at radius 1 is 0.329 bits per heavy atom. The molecule has 0 saturated carbocycles. The van der Waals surface area contributed by atoms with Crippen LogP contribution in [-0.2, 0) is 0 Å². The third kappa shape index (κ3) is 7.20. The molecule has 0 atom stereocenters. The third-order valence-corrected chi connectivity index (χ3v) is 16.0. The van der Waals surface area contributed by atoms with Crippen LogP contribution in [0.3, 0.4) is 0 Å². The van der Waals surface area contributed by atoms with Gasteiger partial charge in [0.05, 0.1) is 32.5 Å². The van der Waals surface area contributed by atoms with E-state index < -0.39 is 0 Å². The highest BCUT2D eigenvalue weighted by molar-refractivity contribution is 7.26. The molecule has 6 heterocycles. The topological polar surface area (TPSA) is 61.7 Å². The predicted molar refractivity (Wildman–Crippen MR) is 317 cm³/mol. The molecule has 0 fully saturated rings. The van der Waals surface area contributed by atoms with E-state index in [0.717, 1.165) is 61.5 Å². The van der Waals surface area contributed by atoms with Crippen molar-refractivity contribution in [2.45, 2.75) is 0 Å². The highest BCUT2D eigenvalue weighted by Crippen LogP contribution is 2.41. The zero-order valence-electron chi connectivity index (χ0n) is 40.9. The van der Waals surface area contributed by atoms with Crippen LogP contribution in [0.25, 0.3) is 142 Å². The normalized spacial score (nSPS) is 11.7. The quantitative estimate of drug-likeness (QED) is 0.167. The van der Waals surface area contributed by atoms with Crippen molar-refractivity contribution in [3.8, 4) is 56.1 Å². The molecule has 0 amide bonds. The van der Waals surface area contributed by atoms with Crippen LogP contribution in [-0.4, -0.2) is 24.1 Å². The van der Waals surface area contributed by atoms with Gasteiger partial charge in [-0.3, -0.25) is 4.98 Å². The van der Waals surface area contributed by atoms with Crippen LogP contribution in [0.5, 0.6) is 0 Å². The number of para-hydroxylation sites is 5. The first-order valence-electron chi connectivity index (χ1n) is 25.5. The lowest BCUT2D eigenvalue weighted by Crippen LogP contribution is -1.94. The van der Waals surface area contributed by atoms with Gasteiger partial charge in [0.25, 0.3) is 0 Å². The Labute approximate surface area is 440 Å². The highest BCUT2D eigenvalue weighted by atomic mass is 32.1. The second-order valence-electron chi connectivity index (χ2n) is 19.1. The van der Waals surface area contributed by atoms with Gasteiger partial charge in [-0.2, -0.15) is 0 Å². The summed E-state index contributed by atoms with van der Waals surface area (Å²) in [6.45, 7) is 0. The van der Waals surface area contributed by atoms with Gasteiger partial charge in [-0.15, -0.1) is 11.3 Å². The van der Waals surface area contributed by atoms with Crippen LogP contribution in [0.15, 0.2) is 266 Å². The zero-order valence-corrected chi connectivity index (χ0v) is 41.7. The van der Waals surface area contributed by atoms with E-state index in [9.17, 15) is 0 Å². The number of fused-ring (bicyclic) bond motifs is 12. The Bertz CT molecular complexity index is 4500. The SMILES string of the molecule is c1cc(-c2cccc(-n3c4ccccc4c4ccccc43)c2)cc(-c2nccc3c2sc2ccccc23)c1.c1cc(-c2cccc(-n3c4ccccc4c4ccccc43)c2)cc(-c2ncnc3c2oc2ccccc23)c1. The van der Waals surface area contributed by atoms with E-state index in [-0.39, 0.29) is 0 Å². The monoisotopic (exact) mass is 989 g/mol. The van der Waals surface area contributed by atoms with Crippen LogP contribution in [0, 0.1) is 0 Å². The van der Waals surface area contributed by atoms with Gasteiger partial charge < -0.3 is 13.6 Å². The van der Waals surface area contributed by atoms with E-state index in [0.29, 0.717) is 5.58 Å². The van der Waals surface area contributed by atoms with Crippen molar-refractivity contribution in [2.75, 3.05) is 0 Å². The van der Waals surface area contributed by atoms with Gasteiger partial charge >= 0.3 is 0 Å². The largest absolute Gasteiger partial charge is 0.452 e. The molecule has 6 aromatic heterocycles. The molecule has 76 heavy (non-hydrogen) atoms. The van der Waals surface area contributed by atoms with Crippen molar-refractivity contribution in [1.82, 2.24) is 24.1 Å². The molecule has 0 radical (unpaired) electrons. The molecule has 10 aromatic carbocycles. The van der Waals surface area contributed by atoms with E-state index >= 15 is 0 Å². The summed E-state index contributed by atoms with van der Waals surface area (Å²) >= 11 is 1.82. The highest BCUT2D eigenvalue weighted by Gasteiger charge is 2.18. The third-order valence-electron chi connectivity index (χ3n) is 14.8. The Morgan fingerprint density at radius 2 is 0.776 bits per heavy atom. The number of hydrogen-bond donors (Lipinski definition) is 0. The van der Waals surface area contributed by atoms with Crippen molar-refractivity contribution in [3.05, 3.63) is 261 Å². The molecule has 0 spiro atoms. The molecule has 0 bridgehead atoms. The lowest BCUT2D eigenvalue weighted by molar-refractivity contribution is 0.667. The Morgan fingerprint density at radius 3 is 1.34 bits per heavy atom. The first-order valence-corrected chi connectivity index (χ1v) is 26.3. The summed E-state index contributed by atoms with van der Waals surface area (Å²) in [5, 5.41) is 8.64. The minimum atomic E-state index is 0.713. The lowest BCUT2D eigenvalue weighted by Gasteiger charge is -2.11. The standard InChI is InChI=1S/C35H22N2S.C34H21N3O/c1-4-16-31-27(13-1)28-14-2-5-17-32(28)37(31)26-12-8-10-24(22-26)23-9-7-11-25(21-23)34-35-30(19-20-36-34)29-15-3-6-18-33(29)38-35;1-4-16-29-26(13-1)27-14-2-5-17-30(27)37(29)25-12-8-10-23(20-25)22-9-7-11-24(19-22)32-34-33(36-21-35-32)28-15-3-6-18-31(28)38-34/h1-22H;1-21H. The van der Waals surface area contributed by atoms with E-state index in [4.69, 9.17) is 9.40 Å². The van der Waals surface area contributed by atoms with Gasteiger partial charge in [-0.1, -0.05) is 164 Å². The predicted octanol–water partition coefficient (Wildman–Crippen LogP) is 18.7. The molecule has 0 aliphatic carbocycles. The summed E-state index contributed by atoms with van der Waals surface area (Å²) in [4.78, 5) is 14.0. The summed E-state index contributed by atoms with van der Waals surface area (Å²) in [7, 11) is 0. The van der Waals surface area contributed by atoms with Gasteiger partial charge in [0.2, 0.25) is 0 Å². The van der Waals surface area contributed by atoms with Crippen LogP contribution in [0.4, 0.5) is 0 Å². The number of furan rings is 1. The summed E-state index contributed by atoms with van der Waals surface area (Å²) in [5.74, 6) is 0. The van der Waals surface area contributed by atoms with E-state index in [1.165, 1.54) is 74.9 Å². The molecule has 0 aliphatic heterocycles. The second-order valence-corrected chi connectivity index (χ2v) is 20.2. The van der Waals surface area contributed by atoms with Crippen molar-refractivity contribution in [3.63, 3.8) is 0 Å². The van der Waals surface area contributed by atoms with Crippen molar-refractivity contribution in [1.29, 1.82) is 0 Å². The van der Waals surface area contributed by atoms with Crippen LogP contribution >= 0.6 is 11.3 Å². The van der Waals surface area contributed by atoms with Gasteiger partial charge in [0, 0.05) is 71.1 Å². The summed E-state index contributed by atoms with van der Waals surface area (Å²) in [6, 6.07) is 88.1. The van der Waals surface area contributed by atoms with Crippen molar-refractivity contribution >= 4 is 97.2 Å². The molecule has 0 aliphatic rings. The molecular weight excluding hydrogens is 947 g/mol. The number of nitrogens with zero attached hydrogens (tertiary/aromatic N) is 5. The fourth-order valence-corrected chi connectivity index (χ4v) is 12.5. The van der Waals surface area contributed by atoms with Crippen LogP contribution in [0.2, 0.25) is 0 Å². The van der Waals surface area contributed by atoms with Crippen LogP contribution < -0.4 is 0 Å². The van der Waals surface area contributed by atoms with Gasteiger partial charge in [0.15, 0.2) is 5.58 Å². The molecule has 0 unspecified atom stereocenters. The van der Waals surface area contributed by atoms with Crippen molar-refractivity contribution < 1.29 is 4.42 Å². The van der Waals surface area contributed by atoms with Crippen LogP contribution in [0.1, 0.15) is 0 Å². The first kappa shape index (κ1) is 43.6. The average Bonchev–Trinajstić information content (AvgIpc) is 4.27. The molecule has 16 rings (SSSR count). The molecule has 0 saturated heterocycles. The second kappa shape index (κ2) is 17.9. The molecule has 7 heteroatoms. The van der Waals surface area contributed by atoms with Gasteiger partial charge in [0.1, 0.15) is 23.1 Å². The number of thiophene rings is 1. The van der Waals surface area contributed by atoms with E-state index in [1.807, 2.05) is 41.8 Å². The maximum Gasteiger partial charge on any atom is 0.180 e. The van der Waals surface area contributed by atoms with E-state index in [2.05, 4.69) is 244 Å². The fraction of sp³-hybridized carbons (Fsp3) is 0. The number of rotatable bonds is 6. The fourth-order valence-electron chi connectivity index (χ4n) is 11.3. The molecule has 16 aromatic rings. The smallest absolute Gasteiger partial charge is 0.180 e. The zero-order chi connectivity index (χ0) is 50.1. The Kier molecular flexibility index (Phi) is 10.3. The number of benzene rings is 10. The summed E-state index contributed by atoms with van der Waals surface area (Å²) in [5.41, 5.74) is 18.1. The molecular formula is C69H43N5OS. The maximum atomic E-state index is 6.21. The Hall–Kier alpha value is -9.95. The first-order chi connectivity index (χ1) is 37.7. The molecule has 356 valence electrons. The molecule has 0 N–H and O–H groups in total. The average molecular weight is 990 g/mol.